The van der Waals surface area contributed by atoms with Crippen molar-refractivity contribution in [3.8, 4) is 17.0 Å². The summed E-state index contributed by atoms with van der Waals surface area (Å²) in [6.45, 7) is 12.7. The number of carboxylic acids is 2. The number of carboxylic acid groups (broad SMARTS) is 2. The quantitative estimate of drug-likeness (QED) is 0.365. The fourth-order valence-corrected chi connectivity index (χ4v) is 4.94. The first-order chi connectivity index (χ1) is 18.1. The van der Waals surface area contributed by atoms with Gasteiger partial charge in [-0.3, -0.25) is 4.90 Å². The standard InChI is InChI=1S/C25H30N4O.C4H4O4/c1-6-28(7-2)14-15-29-20-16-21-18(12-13-25(3,4)30-21)24-22(20)23(26-29)17-10-8-9-11-19(17)27(24)5;5-3(6)1-2-4(7)8/h8-13,16H,6-7,14-15H2,1-5H3;1-2H,(H,5,6)(H,7,8)/b;2-1+. The number of nitrogens with one attached hydrogen (secondary N) is 1. The maximum absolute atomic E-state index is 9.53. The van der Waals surface area contributed by atoms with Gasteiger partial charge in [-0.1, -0.05) is 32.0 Å². The first kappa shape index (κ1) is 26.9. The van der Waals surface area contributed by atoms with Crippen LogP contribution in [-0.4, -0.2) is 59.3 Å². The van der Waals surface area contributed by atoms with Crippen LogP contribution < -0.4 is 19.4 Å². The summed E-state index contributed by atoms with van der Waals surface area (Å²) in [4.78, 5) is 23.7. The third kappa shape index (κ3) is 5.28. The lowest BCUT2D eigenvalue weighted by Crippen LogP contribution is -2.42. The first-order valence-corrected chi connectivity index (χ1v) is 12.7. The molecule has 38 heavy (non-hydrogen) atoms. The largest absolute Gasteiger partial charge is 0.545 e. The van der Waals surface area contributed by atoms with Gasteiger partial charge in [0.15, 0.2) is 6.54 Å². The van der Waals surface area contributed by atoms with Crippen LogP contribution in [0.3, 0.4) is 0 Å². The average Bonchev–Trinajstić information content (AvgIpc) is 3.24. The zero-order chi connectivity index (χ0) is 27.6. The Morgan fingerprint density at radius 1 is 1.21 bits per heavy atom. The molecule has 9 nitrogen and oxygen atoms in total. The molecule has 0 bridgehead atoms. The van der Waals surface area contributed by atoms with Crippen LogP contribution in [0.25, 0.3) is 28.2 Å². The highest BCUT2D eigenvalue weighted by atomic mass is 16.5. The summed E-state index contributed by atoms with van der Waals surface area (Å²) in [5, 5.41) is 22.2. The Bertz CT molecular complexity index is 1420. The van der Waals surface area contributed by atoms with Crippen molar-refractivity contribution >= 4 is 40.3 Å². The van der Waals surface area contributed by atoms with Crippen LogP contribution in [0, 0.1) is 0 Å². The van der Waals surface area contributed by atoms with Crippen molar-refractivity contribution in [1.82, 2.24) is 10.00 Å². The normalized spacial score (nSPS) is 14.6. The number of hydrogen-bond acceptors (Lipinski definition) is 6. The van der Waals surface area contributed by atoms with E-state index in [1.807, 2.05) is 0 Å². The Morgan fingerprint density at radius 2 is 1.92 bits per heavy atom. The van der Waals surface area contributed by atoms with Crippen LogP contribution in [0.1, 0.15) is 33.3 Å². The van der Waals surface area contributed by atoms with Crippen LogP contribution in [0.2, 0.25) is 0 Å². The number of carbonyl (C=O) groups excluding carboxylic acids is 1. The number of aromatic nitrogens is 2. The van der Waals surface area contributed by atoms with Gasteiger partial charge in [0.2, 0.25) is 5.52 Å². The number of benzene rings is 2. The minimum atomic E-state index is -1.51. The zero-order valence-electron chi connectivity index (χ0n) is 22.4. The fourth-order valence-electron chi connectivity index (χ4n) is 4.94. The predicted octanol–water partition coefficient (Wildman–Crippen LogP) is 3.11. The Morgan fingerprint density at radius 3 is 2.55 bits per heavy atom. The highest BCUT2D eigenvalue weighted by molar-refractivity contribution is 6.12. The van der Waals surface area contributed by atoms with Gasteiger partial charge in [-0.05, 0) is 51.2 Å². The number of rotatable bonds is 7. The Hall–Kier alpha value is -4.11. The van der Waals surface area contributed by atoms with Crippen LogP contribution in [0.15, 0.2) is 48.6 Å². The summed E-state index contributed by atoms with van der Waals surface area (Å²) >= 11 is 0. The summed E-state index contributed by atoms with van der Waals surface area (Å²) in [5.41, 5.74) is 6.96. The van der Waals surface area contributed by atoms with Gasteiger partial charge >= 0.3 is 5.97 Å². The molecule has 0 saturated heterocycles. The highest BCUT2D eigenvalue weighted by Gasteiger charge is 2.35. The topological polar surface area (TPSA) is 113 Å². The number of fused-ring (bicyclic) bond motifs is 4. The van der Waals surface area contributed by atoms with Crippen molar-refractivity contribution in [2.24, 2.45) is 0 Å². The number of anilines is 2. The van der Waals surface area contributed by atoms with E-state index >= 15 is 0 Å². The van der Waals surface area contributed by atoms with Crippen molar-refractivity contribution < 1.29 is 29.2 Å². The predicted molar refractivity (Wildman–Crippen MR) is 145 cm³/mol. The number of aromatic amines is 1. The molecule has 0 saturated carbocycles. The molecule has 3 aromatic rings. The Kier molecular flexibility index (Phi) is 7.59. The molecule has 2 aromatic carbocycles. The van der Waals surface area contributed by atoms with Crippen LogP contribution in [-0.2, 0) is 16.1 Å². The Labute approximate surface area is 222 Å². The monoisotopic (exact) mass is 518 g/mol. The van der Waals surface area contributed by atoms with E-state index in [1.165, 1.54) is 33.5 Å². The molecule has 0 amide bonds. The van der Waals surface area contributed by atoms with Gasteiger partial charge in [-0.25, -0.2) is 4.79 Å². The lowest BCUT2D eigenvalue weighted by Gasteiger charge is -2.33. The van der Waals surface area contributed by atoms with Gasteiger partial charge in [-0.2, -0.15) is 5.10 Å². The van der Waals surface area contributed by atoms with E-state index in [2.05, 4.69) is 96.8 Å². The lowest BCUT2D eigenvalue weighted by atomic mass is 9.93. The third-order valence-electron chi connectivity index (χ3n) is 6.86. The molecule has 3 heterocycles. The number of H-pyrrole nitrogens is 1. The molecular weight excluding hydrogens is 484 g/mol. The minimum Gasteiger partial charge on any atom is -0.545 e. The van der Waals surface area contributed by atoms with Gasteiger partial charge in [-0.15, -0.1) is 4.68 Å². The van der Waals surface area contributed by atoms with E-state index in [1.54, 1.807) is 0 Å². The lowest BCUT2D eigenvalue weighted by molar-refractivity contribution is -0.725. The van der Waals surface area contributed by atoms with Crippen molar-refractivity contribution in [3.63, 3.8) is 0 Å². The van der Waals surface area contributed by atoms with Crippen LogP contribution >= 0.6 is 0 Å². The molecule has 200 valence electrons. The van der Waals surface area contributed by atoms with E-state index in [-0.39, 0.29) is 5.60 Å². The molecule has 2 aliphatic rings. The molecular formula is C29H34N4O5. The summed E-state index contributed by atoms with van der Waals surface area (Å²) in [6, 6.07) is 10.9. The van der Waals surface area contributed by atoms with E-state index in [9.17, 15) is 14.7 Å². The van der Waals surface area contributed by atoms with E-state index < -0.39 is 11.9 Å². The number of para-hydroxylation sites is 1. The first-order valence-electron chi connectivity index (χ1n) is 12.7. The summed E-state index contributed by atoms with van der Waals surface area (Å²) < 4.78 is 8.71. The molecule has 0 fully saturated rings. The molecule has 5 rings (SSSR count). The van der Waals surface area contributed by atoms with E-state index in [0.717, 1.165) is 37.5 Å². The fraction of sp³-hybridized carbons (Fsp3) is 0.345. The SMILES string of the molecule is CCN(CC)CC[n+]1[nH]c2c3c(c4c(cc31)OC(C)(C)C=C4)N(C)c1ccccc1-2.O=C([O-])/C=C/C(=O)O. The van der Waals surface area contributed by atoms with Crippen LogP contribution in [0.4, 0.5) is 11.4 Å². The van der Waals surface area contributed by atoms with Crippen molar-refractivity contribution in [1.29, 1.82) is 0 Å². The van der Waals surface area contributed by atoms with Crippen molar-refractivity contribution in [2.45, 2.75) is 39.8 Å². The number of ether oxygens (including phenoxy) is 1. The van der Waals surface area contributed by atoms with Crippen LogP contribution in [0.5, 0.6) is 5.75 Å². The number of hydrogen-bond donors (Lipinski definition) is 2. The molecule has 2 N–H and O–H groups in total. The molecule has 0 aliphatic carbocycles. The second-order valence-corrected chi connectivity index (χ2v) is 9.80. The molecule has 0 radical (unpaired) electrons. The summed E-state index contributed by atoms with van der Waals surface area (Å²) in [7, 11) is 2.16. The summed E-state index contributed by atoms with van der Waals surface area (Å²) in [6.07, 6.45) is 5.33. The maximum atomic E-state index is 9.53. The molecule has 9 heteroatoms. The second kappa shape index (κ2) is 10.7. The molecule has 0 spiro atoms. The van der Waals surface area contributed by atoms with Gasteiger partial charge in [0.25, 0.3) is 0 Å². The van der Waals surface area contributed by atoms with Gasteiger partial charge in [0.05, 0.1) is 30.0 Å². The number of likely N-dealkylation sites (N-methyl/N-ethyl adjacent to an activating group) is 1. The number of nitrogens with zero attached hydrogens (tertiary/aromatic N) is 3. The molecule has 2 aliphatic heterocycles. The highest BCUT2D eigenvalue weighted by Crippen LogP contribution is 2.51. The summed E-state index contributed by atoms with van der Waals surface area (Å²) in [5.74, 6) is -1.85. The van der Waals surface area contributed by atoms with E-state index in [4.69, 9.17) is 9.84 Å². The molecule has 1 aromatic heterocycles. The number of carbonyl (C=O) groups is 2. The molecule has 0 atom stereocenters. The Balaban J connectivity index is 0.000000368. The molecule has 0 unspecified atom stereocenters. The van der Waals surface area contributed by atoms with Gasteiger partial charge in [0.1, 0.15) is 22.4 Å². The van der Waals surface area contributed by atoms with Crippen molar-refractivity contribution in [3.05, 3.63) is 54.1 Å². The third-order valence-corrected chi connectivity index (χ3v) is 6.86. The van der Waals surface area contributed by atoms with Gasteiger partial charge < -0.3 is 24.6 Å². The average molecular weight is 519 g/mol. The van der Waals surface area contributed by atoms with E-state index in [0.29, 0.717) is 12.2 Å². The zero-order valence-corrected chi connectivity index (χ0v) is 22.4. The smallest absolute Gasteiger partial charge is 0.328 e. The van der Waals surface area contributed by atoms with Crippen molar-refractivity contribution in [2.75, 3.05) is 31.6 Å². The second-order valence-electron chi connectivity index (χ2n) is 9.80. The number of aliphatic carboxylic acids is 2. The maximum Gasteiger partial charge on any atom is 0.328 e. The van der Waals surface area contributed by atoms with Gasteiger partial charge in [0, 0.05) is 24.3 Å². The minimum absolute atomic E-state index is 0.302.